The van der Waals surface area contributed by atoms with Gasteiger partial charge in [-0.05, 0) is 61.0 Å². The summed E-state index contributed by atoms with van der Waals surface area (Å²) in [6.07, 6.45) is 1.56. The van der Waals surface area contributed by atoms with Crippen molar-refractivity contribution in [3.05, 3.63) is 118 Å². The number of para-hydroxylation sites is 1. The maximum absolute atomic E-state index is 13.5. The number of aliphatic imine (C=N–C) groups is 1. The minimum absolute atomic E-state index is 0.0543. The van der Waals surface area contributed by atoms with Crippen molar-refractivity contribution in [1.29, 1.82) is 0 Å². The van der Waals surface area contributed by atoms with Crippen molar-refractivity contribution < 1.29 is 12.8 Å². The first kappa shape index (κ1) is 24.2. The van der Waals surface area contributed by atoms with E-state index < -0.39 is 10.0 Å². The number of furan rings is 1. The van der Waals surface area contributed by atoms with E-state index in [-0.39, 0.29) is 18.0 Å². The molecule has 174 valence electrons. The van der Waals surface area contributed by atoms with Gasteiger partial charge in [0.1, 0.15) is 11.5 Å². The van der Waals surface area contributed by atoms with E-state index in [2.05, 4.69) is 4.99 Å². The zero-order valence-electron chi connectivity index (χ0n) is 18.4. The van der Waals surface area contributed by atoms with E-state index in [0.717, 1.165) is 11.1 Å². The Morgan fingerprint density at radius 3 is 2.29 bits per heavy atom. The molecule has 0 atom stereocenters. The van der Waals surface area contributed by atoms with E-state index in [1.807, 2.05) is 43.3 Å². The summed E-state index contributed by atoms with van der Waals surface area (Å²) >= 11 is 12.1. The quantitative estimate of drug-likeness (QED) is 0.238. The van der Waals surface area contributed by atoms with Crippen LogP contribution in [0.5, 0.6) is 0 Å². The van der Waals surface area contributed by atoms with Crippen LogP contribution in [0.1, 0.15) is 22.6 Å². The zero-order valence-corrected chi connectivity index (χ0v) is 20.7. The second-order valence-electron chi connectivity index (χ2n) is 7.73. The number of halogens is 2. The van der Waals surface area contributed by atoms with Crippen LogP contribution < -0.4 is 0 Å². The molecule has 0 radical (unpaired) electrons. The highest BCUT2D eigenvalue weighted by molar-refractivity contribution is 7.89. The van der Waals surface area contributed by atoms with Gasteiger partial charge in [0.15, 0.2) is 0 Å². The van der Waals surface area contributed by atoms with Gasteiger partial charge >= 0.3 is 0 Å². The van der Waals surface area contributed by atoms with Gasteiger partial charge < -0.3 is 4.42 Å². The summed E-state index contributed by atoms with van der Waals surface area (Å²) < 4.78 is 34.2. The van der Waals surface area contributed by atoms with Crippen LogP contribution in [0.4, 0.5) is 5.69 Å². The lowest BCUT2D eigenvalue weighted by Crippen LogP contribution is -2.30. The normalized spacial score (nSPS) is 12.0. The second-order valence-corrected chi connectivity index (χ2v) is 10.5. The largest absolute Gasteiger partial charge is 0.459 e. The van der Waals surface area contributed by atoms with Crippen molar-refractivity contribution in [2.75, 3.05) is 0 Å². The van der Waals surface area contributed by atoms with Gasteiger partial charge in [0.2, 0.25) is 10.0 Å². The first-order valence-electron chi connectivity index (χ1n) is 10.5. The Morgan fingerprint density at radius 1 is 0.882 bits per heavy atom. The van der Waals surface area contributed by atoms with Crippen molar-refractivity contribution in [1.82, 2.24) is 4.31 Å². The summed E-state index contributed by atoms with van der Waals surface area (Å²) in [4.78, 5) is 4.52. The van der Waals surface area contributed by atoms with Crippen molar-refractivity contribution in [3.63, 3.8) is 0 Å². The first-order valence-corrected chi connectivity index (χ1v) is 12.7. The average molecular weight is 513 g/mol. The smallest absolute Gasteiger partial charge is 0.243 e. The fourth-order valence-electron chi connectivity index (χ4n) is 3.29. The van der Waals surface area contributed by atoms with E-state index in [0.29, 0.717) is 27.3 Å². The Balaban J connectivity index is 1.60. The van der Waals surface area contributed by atoms with E-state index in [1.54, 1.807) is 42.6 Å². The predicted molar refractivity (Wildman–Crippen MR) is 136 cm³/mol. The number of benzene rings is 3. The standard InChI is InChI=1S/C26H22Cl2N2O3S/c1-19-6-8-20(9-7-19)17-30(34(31,32)24-14-10-21(27)11-15-24)18-23-13-12-22(33-23)16-29-26-5-3-2-4-25(26)28/h2-16H,17-18H2,1H3. The molecule has 0 saturated heterocycles. The summed E-state index contributed by atoms with van der Waals surface area (Å²) in [7, 11) is -3.81. The first-order chi connectivity index (χ1) is 16.3. The third kappa shape index (κ3) is 5.96. The van der Waals surface area contributed by atoms with E-state index >= 15 is 0 Å². The molecule has 0 fully saturated rings. The van der Waals surface area contributed by atoms with Crippen molar-refractivity contribution >= 4 is 45.1 Å². The molecule has 0 bridgehead atoms. The van der Waals surface area contributed by atoms with E-state index in [1.165, 1.54) is 16.4 Å². The van der Waals surface area contributed by atoms with Gasteiger partial charge in [0.05, 0.1) is 28.4 Å². The molecular weight excluding hydrogens is 491 g/mol. The van der Waals surface area contributed by atoms with Gasteiger partial charge in [0.25, 0.3) is 0 Å². The molecule has 0 spiro atoms. The third-order valence-electron chi connectivity index (χ3n) is 5.13. The zero-order chi connectivity index (χ0) is 24.1. The number of sulfonamides is 1. The molecule has 34 heavy (non-hydrogen) atoms. The SMILES string of the molecule is Cc1ccc(CN(Cc2ccc(C=Nc3ccccc3Cl)o2)S(=O)(=O)c2ccc(Cl)cc2)cc1. The molecule has 0 N–H and O–H groups in total. The second kappa shape index (κ2) is 10.6. The summed E-state index contributed by atoms with van der Waals surface area (Å²) in [5, 5.41) is 1.00. The molecular formula is C26H22Cl2N2O3S. The Kier molecular flexibility index (Phi) is 7.54. The lowest BCUT2D eigenvalue weighted by Gasteiger charge is -2.21. The van der Waals surface area contributed by atoms with Crippen LogP contribution in [0.15, 0.2) is 99.2 Å². The Labute approximate surface area is 209 Å². The molecule has 0 aliphatic carbocycles. The van der Waals surface area contributed by atoms with Gasteiger partial charge in [-0.15, -0.1) is 0 Å². The van der Waals surface area contributed by atoms with E-state index in [9.17, 15) is 8.42 Å². The fraction of sp³-hybridized carbons (Fsp3) is 0.115. The molecule has 1 heterocycles. The average Bonchev–Trinajstić information content (AvgIpc) is 3.27. The van der Waals surface area contributed by atoms with Gasteiger partial charge in [-0.1, -0.05) is 65.2 Å². The lowest BCUT2D eigenvalue weighted by atomic mass is 10.1. The monoisotopic (exact) mass is 512 g/mol. The Morgan fingerprint density at radius 2 is 1.59 bits per heavy atom. The molecule has 4 rings (SSSR count). The lowest BCUT2D eigenvalue weighted by molar-refractivity contribution is 0.357. The maximum atomic E-state index is 13.5. The summed E-state index contributed by atoms with van der Waals surface area (Å²) in [6, 6.07) is 24.6. The Hall–Kier alpha value is -2.90. The molecule has 0 aliphatic heterocycles. The number of hydrogen-bond donors (Lipinski definition) is 0. The van der Waals surface area contributed by atoms with Crippen LogP contribution in [0, 0.1) is 6.92 Å². The minimum atomic E-state index is -3.81. The molecule has 5 nitrogen and oxygen atoms in total. The van der Waals surface area contributed by atoms with Crippen LogP contribution in [0.2, 0.25) is 10.0 Å². The van der Waals surface area contributed by atoms with Crippen LogP contribution >= 0.6 is 23.2 Å². The van der Waals surface area contributed by atoms with Gasteiger partial charge in [0, 0.05) is 11.6 Å². The number of aryl methyl sites for hydroxylation is 1. The van der Waals surface area contributed by atoms with Crippen molar-refractivity contribution in [2.45, 2.75) is 24.9 Å². The van der Waals surface area contributed by atoms with E-state index in [4.69, 9.17) is 27.6 Å². The highest BCUT2D eigenvalue weighted by Gasteiger charge is 2.26. The number of rotatable bonds is 8. The van der Waals surface area contributed by atoms with Crippen LogP contribution in [-0.4, -0.2) is 18.9 Å². The van der Waals surface area contributed by atoms with Gasteiger partial charge in [-0.2, -0.15) is 4.31 Å². The molecule has 0 saturated carbocycles. The van der Waals surface area contributed by atoms with Crippen LogP contribution in [0.25, 0.3) is 0 Å². The summed E-state index contributed by atoms with van der Waals surface area (Å²) in [6.45, 7) is 2.23. The number of hydrogen-bond acceptors (Lipinski definition) is 4. The molecule has 0 amide bonds. The molecule has 1 aromatic heterocycles. The number of nitrogens with zero attached hydrogens (tertiary/aromatic N) is 2. The molecule has 0 unspecified atom stereocenters. The molecule has 0 aliphatic rings. The Bertz CT molecular complexity index is 1400. The highest BCUT2D eigenvalue weighted by atomic mass is 35.5. The van der Waals surface area contributed by atoms with Gasteiger partial charge in [-0.3, -0.25) is 4.99 Å². The topological polar surface area (TPSA) is 62.9 Å². The molecule has 8 heteroatoms. The molecule has 4 aromatic rings. The maximum Gasteiger partial charge on any atom is 0.243 e. The van der Waals surface area contributed by atoms with Crippen molar-refractivity contribution in [3.8, 4) is 0 Å². The van der Waals surface area contributed by atoms with Crippen LogP contribution in [-0.2, 0) is 23.1 Å². The molecule has 3 aromatic carbocycles. The van der Waals surface area contributed by atoms with Crippen LogP contribution in [0.3, 0.4) is 0 Å². The van der Waals surface area contributed by atoms with Crippen molar-refractivity contribution in [2.24, 2.45) is 4.99 Å². The third-order valence-corrected chi connectivity index (χ3v) is 7.51. The summed E-state index contributed by atoms with van der Waals surface area (Å²) in [5.74, 6) is 0.986. The highest BCUT2D eigenvalue weighted by Crippen LogP contribution is 2.25. The fourth-order valence-corrected chi connectivity index (χ4v) is 5.00. The summed E-state index contributed by atoms with van der Waals surface area (Å²) in [5.41, 5.74) is 2.59. The minimum Gasteiger partial charge on any atom is -0.459 e. The predicted octanol–water partition coefficient (Wildman–Crippen LogP) is 7.04. The van der Waals surface area contributed by atoms with Gasteiger partial charge in [-0.25, -0.2) is 8.42 Å².